The molecule has 0 radical (unpaired) electrons. The summed E-state index contributed by atoms with van der Waals surface area (Å²) >= 11 is 0. The number of ether oxygens (including phenoxy) is 1. The van der Waals surface area contributed by atoms with Gasteiger partial charge in [-0.1, -0.05) is 36.4 Å². The molecule has 24 heavy (non-hydrogen) atoms. The van der Waals surface area contributed by atoms with Crippen LogP contribution in [-0.2, 0) is 18.4 Å². The van der Waals surface area contributed by atoms with Gasteiger partial charge in [0, 0.05) is 18.9 Å². The van der Waals surface area contributed by atoms with Crippen molar-refractivity contribution in [2.24, 2.45) is 5.92 Å². The van der Waals surface area contributed by atoms with Crippen LogP contribution in [0.2, 0.25) is 0 Å². The maximum absolute atomic E-state index is 11.8. The molecule has 1 aliphatic carbocycles. The highest BCUT2D eigenvalue weighted by molar-refractivity contribution is 5.39. The number of fused-ring (bicyclic) bond motifs is 1. The minimum absolute atomic E-state index is 0.216. The average Bonchev–Trinajstić information content (AvgIpc) is 2.58. The van der Waals surface area contributed by atoms with Crippen LogP contribution in [0.4, 0.5) is 0 Å². The van der Waals surface area contributed by atoms with Crippen LogP contribution < -0.4 is 4.74 Å². The van der Waals surface area contributed by atoms with Gasteiger partial charge in [-0.3, -0.25) is 0 Å². The molecule has 0 spiro atoms. The third-order valence-electron chi connectivity index (χ3n) is 5.11. The summed E-state index contributed by atoms with van der Waals surface area (Å²) in [6.07, 6.45) is 2.66. The van der Waals surface area contributed by atoms with Gasteiger partial charge in [0.1, 0.15) is 5.75 Å². The molecule has 3 rings (SSSR count). The zero-order chi connectivity index (χ0) is 17.2. The number of hydrogen-bond donors (Lipinski definition) is 1. The van der Waals surface area contributed by atoms with E-state index >= 15 is 0 Å². The largest absolute Gasteiger partial charge is 0.497 e. The molecule has 0 saturated carbocycles. The fourth-order valence-electron chi connectivity index (χ4n) is 3.97. The second-order valence-corrected chi connectivity index (χ2v) is 7.11. The number of aliphatic hydroxyl groups is 1. The molecule has 0 aliphatic heterocycles. The number of benzene rings is 2. The van der Waals surface area contributed by atoms with Gasteiger partial charge in [0.05, 0.1) is 12.7 Å². The number of nitrogens with zero attached hydrogens (tertiary/aromatic N) is 1. The molecule has 3 nitrogen and oxygen atoms in total. The lowest BCUT2D eigenvalue weighted by molar-refractivity contribution is -0.0434. The summed E-state index contributed by atoms with van der Waals surface area (Å²) in [6.45, 7) is 0.884. The van der Waals surface area contributed by atoms with Gasteiger partial charge in [-0.05, 0) is 55.8 Å². The van der Waals surface area contributed by atoms with Gasteiger partial charge < -0.3 is 14.7 Å². The van der Waals surface area contributed by atoms with E-state index in [0.29, 0.717) is 6.42 Å². The van der Waals surface area contributed by atoms with E-state index in [9.17, 15) is 5.11 Å². The van der Waals surface area contributed by atoms with Crippen LogP contribution >= 0.6 is 0 Å². The van der Waals surface area contributed by atoms with Crippen LogP contribution in [0.5, 0.6) is 5.75 Å². The van der Waals surface area contributed by atoms with Crippen molar-refractivity contribution in [1.82, 2.24) is 4.90 Å². The predicted molar refractivity (Wildman–Crippen MR) is 97.4 cm³/mol. The maximum Gasteiger partial charge on any atom is 0.119 e. The molecule has 0 amide bonds. The van der Waals surface area contributed by atoms with Crippen molar-refractivity contribution in [3.05, 3.63) is 65.2 Å². The lowest BCUT2D eigenvalue weighted by atomic mass is 9.68. The van der Waals surface area contributed by atoms with Crippen molar-refractivity contribution in [3.63, 3.8) is 0 Å². The fourth-order valence-corrected chi connectivity index (χ4v) is 3.97. The fraction of sp³-hybridized carbons (Fsp3) is 0.429. The van der Waals surface area contributed by atoms with Crippen molar-refractivity contribution in [2.45, 2.75) is 24.9 Å². The minimum Gasteiger partial charge on any atom is -0.497 e. The van der Waals surface area contributed by atoms with Gasteiger partial charge in [0.25, 0.3) is 0 Å². The summed E-state index contributed by atoms with van der Waals surface area (Å²) in [5.74, 6) is 1.05. The van der Waals surface area contributed by atoms with Crippen LogP contribution in [0.15, 0.2) is 48.5 Å². The first-order valence-corrected chi connectivity index (χ1v) is 8.61. The number of aryl methyl sites for hydroxylation is 1. The van der Waals surface area contributed by atoms with Crippen LogP contribution in [0.1, 0.15) is 23.1 Å². The monoisotopic (exact) mass is 325 g/mol. The Morgan fingerprint density at radius 1 is 1.17 bits per heavy atom. The molecular weight excluding hydrogens is 298 g/mol. The smallest absolute Gasteiger partial charge is 0.119 e. The SMILES string of the molecule is COc1cccc(CC2(O)c3ccccc3CCC2CN(C)C)c1. The Hall–Kier alpha value is -1.84. The Balaban J connectivity index is 2.00. The summed E-state index contributed by atoms with van der Waals surface area (Å²) in [5, 5.41) is 11.8. The van der Waals surface area contributed by atoms with Gasteiger partial charge in [-0.25, -0.2) is 0 Å². The van der Waals surface area contributed by atoms with Crippen LogP contribution in [-0.4, -0.2) is 37.8 Å². The number of rotatable bonds is 5. The Kier molecular flexibility index (Phi) is 4.93. The van der Waals surface area contributed by atoms with Crippen molar-refractivity contribution in [2.75, 3.05) is 27.7 Å². The molecule has 1 aliphatic rings. The molecular formula is C21H27NO2. The summed E-state index contributed by atoms with van der Waals surface area (Å²) < 4.78 is 5.35. The molecule has 2 aromatic carbocycles. The first kappa shape index (κ1) is 17.0. The molecule has 0 saturated heterocycles. The van der Waals surface area contributed by atoms with Crippen molar-refractivity contribution >= 4 is 0 Å². The summed E-state index contributed by atoms with van der Waals surface area (Å²) in [5.41, 5.74) is 2.63. The molecule has 0 aromatic heterocycles. The van der Waals surface area contributed by atoms with E-state index in [-0.39, 0.29) is 5.92 Å². The minimum atomic E-state index is -0.842. The molecule has 3 heteroatoms. The second-order valence-electron chi connectivity index (χ2n) is 7.11. The van der Waals surface area contributed by atoms with E-state index < -0.39 is 5.60 Å². The highest BCUT2D eigenvalue weighted by atomic mass is 16.5. The standard InChI is InChI=1S/C21H27NO2/c1-22(2)15-18-12-11-17-8-4-5-10-20(17)21(18,23)14-16-7-6-9-19(13-16)24-3/h4-10,13,18,23H,11-12,14-15H2,1-3H3. The molecule has 0 fully saturated rings. The van der Waals surface area contributed by atoms with E-state index in [0.717, 1.165) is 36.3 Å². The Labute approximate surface area is 144 Å². The van der Waals surface area contributed by atoms with Crippen molar-refractivity contribution < 1.29 is 9.84 Å². The first-order valence-electron chi connectivity index (χ1n) is 8.61. The highest BCUT2D eigenvalue weighted by Crippen LogP contribution is 2.42. The topological polar surface area (TPSA) is 32.7 Å². The van der Waals surface area contributed by atoms with Gasteiger partial charge in [0.2, 0.25) is 0 Å². The summed E-state index contributed by atoms with van der Waals surface area (Å²) in [4.78, 5) is 2.18. The molecule has 2 atom stereocenters. The third-order valence-corrected chi connectivity index (χ3v) is 5.11. The van der Waals surface area contributed by atoms with Gasteiger partial charge in [-0.2, -0.15) is 0 Å². The Bertz CT molecular complexity index is 698. The van der Waals surface area contributed by atoms with E-state index in [2.05, 4.69) is 43.3 Å². The summed E-state index contributed by atoms with van der Waals surface area (Å²) in [6, 6.07) is 16.4. The first-order chi connectivity index (χ1) is 11.5. The summed E-state index contributed by atoms with van der Waals surface area (Å²) in [7, 11) is 5.83. The quantitative estimate of drug-likeness (QED) is 0.916. The number of hydrogen-bond acceptors (Lipinski definition) is 3. The van der Waals surface area contributed by atoms with E-state index in [4.69, 9.17) is 4.74 Å². The molecule has 1 N–H and O–H groups in total. The molecule has 2 unspecified atom stereocenters. The van der Waals surface area contributed by atoms with Gasteiger partial charge >= 0.3 is 0 Å². The van der Waals surface area contributed by atoms with Crippen molar-refractivity contribution in [1.29, 1.82) is 0 Å². The van der Waals surface area contributed by atoms with E-state index in [1.165, 1.54) is 5.56 Å². The van der Waals surface area contributed by atoms with Crippen LogP contribution in [0, 0.1) is 5.92 Å². The zero-order valence-electron chi connectivity index (χ0n) is 14.8. The lowest BCUT2D eigenvalue weighted by Gasteiger charge is -2.43. The lowest BCUT2D eigenvalue weighted by Crippen LogP contribution is -2.45. The van der Waals surface area contributed by atoms with Gasteiger partial charge in [-0.15, -0.1) is 0 Å². The normalized spacial score (nSPS) is 23.1. The highest BCUT2D eigenvalue weighted by Gasteiger charge is 2.42. The van der Waals surface area contributed by atoms with Gasteiger partial charge in [0.15, 0.2) is 0 Å². The van der Waals surface area contributed by atoms with Crippen LogP contribution in [0.25, 0.3) is 0 Å². The van der Waals surface area contributed by atoms with Crippen LogP contribution in [0.3, 0.4) is 0 Å². The van der Waals surface area contributed by atoms with E-state index in [1.807, 2.05) is 24.3 Å². The molecule has 128 valence electrons. The molecule has 2 aromatic rings. The number of methoxy groups -OCH3 is 1. The molecule has 0 heterocycles. The maximum atomic E-state index is 11.8. The average molecular weight is 325 g/mol. The molecule has 0 bridgehead atoms. The van der Waals surface area contributed by atoms with Crippen molar-refractivity contribution in [3.8, 4) is 5.75 Å². The Morgan fingerprint density at radius 2 is 1.96 bits per heavy atom. The second kappa shape index (κ2) is 6.96. The third kappa shape index (κ3) is 3.33. The predicted octanol–water partition coefficient (Wildman–Crippen LogP) is 3.25. The Morgan fingerprint density at radius 3 is 2.71 bits per heavy atom. The zero-order valence-corrected chi connectivity index (χ0v) is 14.8. The van der Waals surface area contributed by atoms with E-state index in [1.54, 1.807) is 7.11 Å².